The number of rotatable bonds is 6. The first kappa shape index (κ1) is 15.5. The van der Waals surface area contributed by atoms with Crippen molar-refractivity contribution in [2.75, 3.05) is 12.9 Å². The van der Waals surface area contributed by atoms with Crippen molar-refractivity contribution in [1.82, 2.24) is 0 Å². The van der Waals surface area contributed by atoms with Gasteiger partial charge in [-0.3, -0.25) is 9.59 Å². The molecule has 0 spiro atoms. The van der Waals surface area contributed by atoms with E-state index in [0.717, 1.165) is 6.07 Å². The molecule has 104 valence electrons. The first-order valence-corrected chi connectivity index (χ1v) is 6.60. The highest BCUT2D eigenvalue weighted by Gasteiger charge is 2.14. The van der Waals surface area contributed by atoms with Crippen LogP contribution in [0.2, 0.25) is 0 Å². The van der Waals surface area contributed by atoms with Crippen LogP contribution in [0.5, 0.6) is 0 Å². The zero-order valence-corrected chi connectivity index (χ0v) is 11.2. The second-order valence-electron chi connectivity index (χ2n) is 3.82. The number of benzene rings is 1. The Morgan fingerprint density at radius 2 is 2.16 bits per heavy atom. The van der Waals surface area contributed by atoms with E-state index in [1.807, 2.05) is 0 Å². The van der Waals surface area contributed by atoms with E-state index < -0.39 is 23.7 Å². The molecule has 1 atom stereocenters. The first-order valence-electron chi connectivity index (χ1n) is 5.45. The van der Waals surface area contributed by atoms with Crippen molar-refractivity contribution in [3.05, 3.63) is 35.1 Å². The number of esters is 1. The fraction of sp³-hybridized carbons (Fsp3) is 0.333. The van der Waals surface area contributed by atoms with E-state index in [9.17, 15) is 14.0 Å². The summed E-state index contributed by atoms with van der Waals surface area (Å²) < 4.78 is 18.1. The maximum Gasteiger partial charge on any atom is 0.323 e. The predicted octanol–water partition coefficient (Wildman–Crippen LogP) is 0.658. The molecule has 0 aromatic heterocycles. The fourth-order valence-corrected chi connectivity index (χ4v) is 2.29. The number of halogens is 1. The minimum Gasteiger partial charge on any atom is -0.468 e. The van der Waals surface area contributed by atoms with Crippen molar-refractivity contribution in [2.24, 2.45) is 11.5 Å². The number of ether oxygens (including phenoxy) is 1. The molecule has 7 heteroatoms. The van der Waals surface area contributed by atoms with Crippen LogP contribution in [-0.4, -0.2) is 30.8 Å². The number of primary amides is 1. The topological polar surface area (TPSA) is 95.4 Å². The average molecular weight is 286 g/mol. The van der Waals surface area contributed by atoms with E-state index in [1.54, 1.807) is 0 Å². The summed E-state index contributed by atoms with van der Waals surface area (Å²) in [6.07, 6.45) is 0. The zero-order valence-electron chi connectivity index (χ0n) is 10.4. The highest BCUT2D eigenvalue weighted by molar-refractivity contribution is 7.98. The summed E-state index contributed by atoms with van der Waals surface area (Å²) in [7, 11) is 1.26. The van der Waals surface area contributed by atoms with Crippen molar-refractivity contribution in [3.8, 4) is 0 Å². The summed E-state index contributed by atoms with van der Waals surface area (Å²) >= 11 is 1.30. The highest BCUT2D eigenvalue weighted by Crippen LogP contribution is 2.17. The summed E-state index contributed by atoms with van der Waals surface area (Å²) in [6, 6.07) is 3.31. The fourth-order valence-electron chi connectivity index (χ4n) is 1.33. The standard InChI is InChI=1S/C12H15FN2O3S/c1-18-12(17)10(14)6-19-5-8-3-2-7(11(15)16)4-9(8)13/h2-4,10H,5-6,14H2,1H3,(H2,15,16). The molecule has 1 aromatic carbocycles. The van der Waals surface area contributed by atoms with Gasteiger partial charge in [-0.25, -0.2) is 4.39 Å². The Kier molecular flexibility index (Phi) is 5.78. The Labute approximate surface area is 114 Å². The maximum absolute atomic E-state index is 13.6. The number of carbonyl (C=O) groups excluding carboxylic acids is 2. The molecule has 0 radical (unpaired) electrons. The molecule has 1 amide bonds. The van der Waals surface area contributed by atoms with E-state index in [2.05, 4.69) is 4.74 Å². The molecule has 4 N–H and O–H groups in total. The Morgan fingerprint density at radius 1 is 1.47 bits per heavy atom. The summed E-state index contributed by atoms with van der Waals surface area (Å²) in [5.74, 6) is -1.02. The Bertz CT molecular complexity index is 482. The van der Waals surface area contributed by atoms with Crippen molar-refractivity contribution in [2.45, 2.75) is 11.8 Å². The van der Waals surface area contributed by atoms with Gasteiger partial charge in [-0.2, -0.15) is 11.8 Å². The largest absolute Gasteiger partial charge is 0.468 e. The van der Waals surface area contributed by atoms with Crippen LogP contribution >= 0.6 is 11.8 Å². The molecule has 1 unspecified atom stereocenters. The van der Waals surface area contributed by atoms with Gasteiger partial charge in [-0.1, -0.05) is 6.07 Å². The molecule has 0 aliphatic carbocycles. The van der Waals surface area contributed by atoms with Crippen molar-refractivity contribution < 1.29 is 18.7 Å². The second-order valence-corrected chi connectivity index (χ2v) is 4.85. The van der Waals surface area contributed by atoms with E-state index in [1.165, 1.54) is 31.0 Å². The lowest BCUT2D eigenvalue weighted by Gasteiger charge is -2.09. The third kappa shape index (κ3) is 4.53. The first-order chi connectivity index (χ1) is 8.95. The van der Waals surface area contributed by atoms with Gasteiger partial charge in [0.05, 0.1) is 7.11 Å². The van der Waals surface area contributed by atoms with Crippen LogP contribution in [0.25, 0.3) is 0 Å². The Balaban J connectivity index is 2.54. The van der Waals surface area contributed by atoms with Crippen LogP contribution in [0, 0.1) is 5.82 Å². The minimum absolute atomic E-state index is 0.123. The molecule has 0 saturated carbocycles. The molecular weight excluding hydrogens is 271 g/mol. The number of hydrogen-bond acceptors (Lipinski definition) is 5. The number of methoxy groups -OCH3 is 1. The third-order valence-electron chi connectivity index (χ3n) is 2.40. The van der Waals surface area contributed by atoms with E-state index in [4.69, 9.17) is 11.5 Å². The second kappa shape index (κ2) is 7.10. The van der Waals surface area contributed by atoms with Crippen molar-refractivity contribution in [1.29, 1.82) is 0 Å². The number of amides is 1. The van der Waals surface area contributed by atoms with Gasteiger partial charge in [-0.05, 0) is 17.7 Å². The highest BCUT2D eigenvalue weighted by atomic mass is 32.2. The number of hydrogen-bond donors (Lipinski definition) is 2. The third-order valence-corrected chi connectivity index (χ3v) is 3.51. The molecule has 0 fully saturated rings. The maximum atomic E-state index is 13.6. The van der Waals surface area contributed by atoms with Gasteiger partial charge >= 0.3 is 5.97 Å². The SMILES string of the molecule is COC(=O)C(N)CSCc1ccc(C(N)=O)cc1F. The Morgan fingerprint density at radius 3 is 2.68 bits per heavy atom. The van der Waals surface area contributed by atoms with Gasteiger partial charge in [0.2, 0.25) is 5.91 Å². The zero-order chi connectivity index (χ0) is 14.4. The quantitative estimate of drug-likeness (QED) is 0.749. The molecule has 1 aromatic rings. The molecule has 19 heavy (non-hydrogen) atoms. The molecule has 0 bridgehead atoms. The van der Waals surface area contributed by atoms with Crippen LogP contribution in [0.15, 0.2) is 18.2 Å². The summed E-state index contributed by atoms with van der Waals surface area (Å²) in [5, 5.41) is 0. The monoisotopic (exact) mass is 286 g/mol. The van der Waals surface area contributed by atoms with Crippen LogP contribution in [0.4, 0.5) is 4.39 Å². The smallest absolute Gasteiger partial charge is 0.323 e. The van der Waals surface area contributed by atoms with Gasteiger partial charge in [-0.15, -0.1) is 0 Å². The summed E-state index contributed by atoms with van der Waals surface area (Å²) in [5.41, 5.74) is 11.1. The van der Waals surface area contributed by atoms with Crippen molar-refractivity contribution in [3.63, 3.8) is 0 Å². The van der Waals surface area contributed by atoms with Crippen LogP contribution in [-0.2, 0) is 15.3 Å². The lowest BCUT2D eigenvalue weighted by molar-refractivity contribution is -0.141. The van der Waals surface area contributed by atoms with Gasteiger partial charge in [0, 0.05) is 17.1 Å². The van der Waals surface area contributed by atoms with Crippen molar-refractivity contribution >= 4 is 23.6 Å². The normalized spacial score (nSPS) is 11.9. The lowest BCUT2D eigenvalue weighted by atomic mass is 10.1. The minimum atomic E-state index is -0.733. The molecular formula is C12H15FN2O3S. The molecule has 0 aliphatic heterocycles. The molecule has 0 aliphatic rings. The van der Waals surface area contributed by atoms with E-state index in [0.29, 0.717) is 17.1 Å². The molecule has 0 saturated heterocycles. The molecule has 1 rings (SSSR count). The average Bonchev–Trinajstić information content (AvgIpc) is 2.39. The summed E-state index contributed by atoms with van der Waals surface area (Å²) in [6.45, 7) is 0. The van der Waals surface area contributed by atoms with Gasteiger partial charge in [0.1, 0.15) is 11.9 Å². The molecule has 5 nitrogen and oxygen atoms in total. The number of carbonyl (C=O) groups is 2. The predicted molar refractivity (Wildman–Crippen MR) is 71.1 cm³/mol. The lowest BCUT2D eigenvalue weighted by Crippen LogP contribution is -2.33. The van der Waals surface area contributed by atoms with Crippen LogP contribution < -0.4 is 11.5 Å². The van der Waals surface area contributed by atoms with Crippen LogP contribution in [0.3, 0.4) is 0 Å². The number of nitrogens with two attached hydrogens (primary N) is 2. The summed E-state index contributed by atoms with van der Waals surface area (Å²) in [4.78, 5) is 21.9. The molecule has 0 heterocycles. The van der Waals surface area contributed by atoms with E-state index >= 15 is 0 Å². The van der Waals surface area contributed by atoms with E-state index in [-0.39, 0.29) is 5.56 Å². The van der Waals surface area contributed by atoms with Gasteiger partial charge in [0.15, 0.2) is 0 Å². The van der Waals surface area contributed by atoms with Gasteiger partial charge in [0.25, 0.3) is 0 Å². The Hall–Kier alpha value is -1.60. The van der Waals surface area contributed by atoms with Crippen LogP contribution in [0.1, 0.15) is 15.9 Å². The number of thioether (sulfide) groups is 1. The van der Waals surface area contributed by atoms with Gasteiger partial charge < -0.3 is 16.2 Å².